The van der Waals surface area contributed by atoms with Gasteiger partial charge in [0.05, 0.1) is 6.04 Å². The van der Waals surface area contributed by atoms with Gasteiger partial charge in [0.15, 0.2) is 0 Å². The van der Waals surface area contributed by atoms with E-state index in [2.05, 4.69) is 15.5 Å². The molecule has 2 N–H and O–H groups in total. The Hall–Kier alpha value is -0.0300. The summed E-state index contributed by atoms with van der Waals surface area (Å²) in [7, 11) is 0. The summed E-state index contributed by atoms with van der Waals surface area (Å²) in [6.45, 7) is 4.63. The van der Waals surface area contributed by atoms with E-state index in [4.69, 9.17) is 0 Å². The Morgan fingerprint density at radius 2 is 1.80 bits per heavy atom. The lowest BCUT2D eigenvalue weighted by molar-refractivity contribution is -0.123. The fraction of sp³-hybridized carbons (Fsp3) is 0.929. The van der Waals surface area contributed by atoms with Crippen molar-refractivity contribution in [2.45, 2.75) is 50.6 Å². The van der Waals surface area contributed by atoms with Gasteiger partial charge < -0.3 is 15.5 Å². The van der Waals surface area contributed by atoms with Crippen molar-refractivity contribution in [3.8, 4) is 0 Å². The molecule has 2 saturated heterocycles. The van der Waals surface area contributed by atoms with Crippen LogP contribution < -0.4 is 10.6 Å². The lowest BCUT2D eigenvalue weighted by atomic mass is 10.0. The number of hydrogen-bond acceptors (Lipinski definition) is 3. The van der Waals surface area contributed by atoms with E-state index in [1.807, 2.05) is 0 Å². The first kappa shape index (κ1) is 18.0. The van der Waals surface area contributed by atoms with Gasteiger partial charge in [0.1, 0.15) is 0 Å². The van der Waals surface area contributed by atoms with Crippen LogP contribution in [0.25, 0.3) is 0 Å². The predicted molar refractivity (Wildman–Crippen MR) is 85.8 cm³/mol. The Balaban J connectivity index is 0.000001000. The maximum absolute atomic E-state index is 12.0. The molecular formula is C14H27Cl2N3O. The molecule has 0 radical (unpaired) electrons. The Bertz CT molecular complexity index is 299. The quantitative estimate of drug-likeness (QED) is 0.825. The first-order chi connectivity index (χ1) is 8.81. The summed E-state index contributed by atoms with van der Waals surface area (Å²) in [6, 6.07) is 0.491. The van der Waals surface area contributed by atoms with E-state index in [0.29, 0.717) is 6.04 Å². The third-order valence-electron chi connectivity index (χ3n) is 4.52. The lowest BCUT2D eigenvalue weighted by Gasteiger charge is -2.32. The molecule has 0 unspecified atom stereocenters. The van der Waals surface area contributed by atoms with Crippen molar-refractivity contribution in [3.05, 3.63) is 0 Å². The number of rotatable bonds is 4. The van der Waals surface area contributed by atoms with Crippen molar-refractivity contribution in [1.82, 2.24) is 15.5 Å². The van der Waals surface area contributed by atoms with Crippen LogP contribution in [0.5, 0.6) is 0 Å². The summed E-state index contributed by atoms with van der Waals surface area (Å²) in [6.07, 6.45) is 7.27. The third kappa shape index (κ3) is 5.06. The molecule has 0 spiro atoms. The van der Waals surface area contributed by atoms with Gasteiger partial charge >= 0.3 is 0 Å². The van der Waals surface area contributed by atoms with Crippen molar-refractivity contribution in [2.75, 3.05) is 26.2 Å². The fourth-order valence-electron chi connectivity index (χ4n) is 3.14. The van der Waals surface area contributed by atoms with E-state index in [1.165, 1.54) is 32.5 Å². The Labute approximate surface area is 134 Å². The molecule has 0 aromatic carbocycles. The van der Waals surface area contributed by atoms with Gasteiger partial charge in [0.2, 0.25) is 5.91 Å². The molecule has 20 heavy (non-hydrogen) atoms. The van der Waals surface area contributed by atoms with Crippen LogP contribution in [0.1, 0.15) is 38.5 Å². The predicted octanol–water partition coefficient (Wildman–Crippen LogP) is 1.57. The first-order valence-corrected chi connectivity index (χ1v) is 7.57. The van der Waals surface area contributed by atoms with Gasteiger partial charge in [-0.05, 0) is 51.0 Å². The van der Waals surface area contributed by atoms with Crippen LogP contribution in [0, 0.1) is 5.92 Å². The minimum absolute atomic E-state index is 0. The summed E-state index contributed by atoms with van der Waals surface area (Å²) >= 11 is 0. The second-order valence-corrected chi connectivity index (χ2v) is 6.18. The number of carbonyl (C=O) groups excluding carboxylic acids is 1. The number of amides is 1. The van der Waals surface area contributed by atoms with Gasteiger partial charge in [0, 0.05) is 25.7 Å². The molecule has 3 aliphatic rings. The van der Waals surface area contributed by atoms with Gasteiger partial charge in [-0.25, -0.2) is 0 Å². The summed E-state index contributed by atoms with van der Waals surface area (Å²) < 4.78 is 0. The van der Waals surface area contributed by atoms with Crippen LogP contribution in [0.15, 0.2) is 0 Å². The minimum Gasteiger partial charge on any atom is -0.352 e. The Kier molecular flexibility index (Phi) is 7.59. The highest BCUT2D eigenvalue weighted by atomic mass is 35.5. The van der Waals surface area contributed by atoms with Gasteiger partial charge in [-0.3, -0.25) is 4.79 Å². The van der Waals surface area contributed by atoms with E-state index in [0.717, 1.165) is 38.1 Å². The van der Waals surface area contributed by atoms with Gasteiger partial charge in [-0.2, -0.15) is 0 Å². The molecule has 4 nitrogen and oxygen atoms in total. The van der Waals surface area contributed by atoms with Crippen LogP contribution >= 0.6 is 24.8 Å². The first-order valence-electron chi connectivity index (χ1n) is 7.57. The third-order valence-corrected chi connectivity index (χ3v) is 4.52. The van der Waals surface area contributed by atoms with Crippen molar-refractivity contribution in [2.24, 2.45) is 5.92 Å². The van der Waals surface area contributed by atoms with Crippen LogP contribution in [0.3, 0.4) is 0 Å². The van der Waals surface area contributed by atoms with E-state index >= 15 is 0 Å². The fourth-order valence-corrected chi connectivity index (χ4v) is 3.14. The zero-order chi connectivity index (χ0) is 12.4. The highest BCUT2D eigenvalue weighted by molar-refractivity contribution is 5.85. The van der Waals surface area contributed by atoms with Gasteiger partial charge in [-0.1, -0.05) is 0 Å². The van der Waals surface area contributed by atoms with Crippen LogP contribution in [-0.4, -0.2) is 49.1 Å². The zero-order valence-corrected chi connectivity index (χ0v) is 13.6. The maximum atomic E-state index is 12.0. The van der Waals surface area contributed by atoms with E-state index in [9.17, 15) is 4.79 Å². The molecular weight excluding hydrogens is 297 g/mol. The summed E-state index contributed by atoms with van der Waals surface area (Å²) in [5, 5.41) is 6.49. The summed E-state index contributed by atoms with van der Waals surface area (Å²) in [5.41, 5.74) is 0. The minimum atomic E-state index is 0. The smallest absolute Gasteiger partial charge is 0.237 e. The molecule has 3 fully saturated rings. The number of nitrogens with one attached hydrogen (secondary N) is 2. The van der Waals surface area contributed by atoms with Crippen LogP contribution in [0.2, 0.25) is 0 Å². The molecule has 0 bridgehead atoms. The molecule has 0 aromatic heterocycles. The molecule has 2 aliphatic heterocycles. The molecule has 3 rings (SSSR count). The number of halogens is 2. The number of piperidine rings is 1. The molecule has 1 amide bonds. The monoisotopic (exact) mass is 323 g/mol. The van der Waals surface area contributed by atoms with Gasteiger partial charge in [-0.15, -0.1) is 24.8 Å². The van der Waals surface area contributed by atoms with Gasteiger partial charge in [0.25, 0.3) is 0 Å². The van der Waals surface area contributed by atoms with Crippen LogP contribution in [0.4, 0.5) is 0 Å². The average Bonchev–Trinajstić information content (AvgIpc) is 3.02. The Morgan fingerprint density at radius 3 is 2.35 bits per heavy atom. The number of hydrogen-bond donors (Lipinski definition) is 2. The van der Waals surface area contributed by atoms with Crippen molar-refractivity contribution in [3.63, 3.8) is 0 Å². The van der Waals surface area contributed by atoms with Crippen molar-refractivity contribution < 1.29 is 4.79 Å². The standard InChI is InChI=1S/C14H25N3O.2ClH/c18-14(13-2-1-7-15-13)16-12-5-8-17(9-6-12)10-11-3-4-11;;/h11-13,15H,1-10H2,(H,16,18);2*1H/t13-;;/m0../s1. The molecule has 1 saturated carbocycles. The molecule has 118 valence electrons. The largest absolute Gasteiger partial charge is 0.352 e. The molecule has 2 heterocycles. The summed E-state index contributed by atoms with van der Waals surface area (Å²) in [5.74, 6) is 1.21. The topological polar surface area (TPSA) is 44.4 Å². The Morgan fingerprint density at radius 1 is 1.10 bits per heavy atom. The SMILES string of the molecule is Cl.Cl.O=C(NC1CCN(CC2CC2)CC1)[C@@H]1CCCN1. The number of likely N-dealkylation sites (tertiary alicyclic amines) is 1. The lowest BCUT2D eigenvalue weighted by Crippen LogP contribution is -2.49. The van der Waals surface area contributed by atoms with Crippen molar-refractivity contribution in [1.29, 1.82) is 0 Å². The number of carbonyl (C=O) groups is 1. The number of nitrogens with zero attached hydrogens (tertiary/aromatic N) is 1. The average molecular weight is 324 g/mol. The van der Waals surface area contributed by atoms with E-state index in [1.54, 1.807) is 0 Å². The van der Waals surface area contributed by atoms with E-state index in [-0.39, 0.29) is 36.8 Å². The molecule has 0 aromatic rings. The molecule has 1 aliphatic carbocycles. The molecule has 6 heteroatoms. The second kappa shape index (κ2) is 8.42. The highest BCUT2D eigenvalue weighted by Gasteiger charge is 2.29. The zero-order valence-electron chi connectivity index (χ0n) is 12.0. The molecule has 1 atom stereocenters. The van der Waals surface area contributed by atoms with Crippen LogP contribution in [-0.2, 0) is 4.79 Å². The normalized spacial score (nSPS) is 27.5. The van der Waals surface area contributed by atoms with Crippen molar-refractivity contribution >= 4 is 30.7 Å². The summed E-state index contributed by atoms with van der Waals surface area (Å²) in [4.78, 5) is 14.6. The second-order valence-electron chi connectivity index (χ2n) is 6.18. The maximum Gasteiger partial charge on any atom is 0.237 e. The highest BCUT2D eigenvalue weighted by Crippen LogP contribution is 2.30. The van der Waals surface area contributed by atoms with E-state index < -0.39 is 0 Å².